The molecule has 0 saturated heterocycles. The van der Waals surface area contributed by atoms with Gasteiger partial charge in [-0.05, 0) is 53.5 Å². The van der Waals surface area contributed by atoms with E-state index in [0.717, 1.165) is 11.3 Å². The Morgan fingerprint density at radius 3 is 2.32 bits per heavy atom. The van der Waals surface area contributed by atoms with E-state index in [-0.39, 0.29) is 5.82 Å². The first-order valence-corrected chi connectivity index (χ1v) is 7.41. The minimum absolute atomic E-state index is 0.271. The highest BCUT2D eigenvalue weighted by Gasteiger charge is 2.00. The zero-order valence-electron chi connectivity index (χ0n) is 12.5. The van der Waals surface area contributed by atoms with Crippen molar-refractivity contribution in [2.75, 3.05) is 5.32 Å². The van der Waals surface area contributed by atoms with E-state index in [2.05, 4.69) is 41.8 Å². The highest BCUT2D eigenvalue weighted by atomic mass is 32.1. The molecule has 0 radical (unpaired) electrons. The number of thiocarbonyl (C=S) groups is 1. The summed E-state index contributed by atoms with van der Waals surface area (Å²) in [7, 11) is 0. The minimum Gasteiger partial charge on any atom is -0.331 e. The van der Waals surface area contributed by atoms with Gasteiger partial charge in [-0.1, -0.05) is 38.1 Å². The smallest absolute Gasteiger partial charge is 0.191 e. The van der Waals surface area contributed by atoms with Crippen molar-refractivity contribution >= 4 is 29.2 Å². The van der Waals surface area contributed by atoms with Crippen LogP contribution in [0.25, 0.3) is 0 Å². The zero-order chi connectivity index (χ0) is 15.9. The van der Waals surface area contributed by atoms with Gasteiger partial charge < -0.3 is 5.32 Å². The molecule has 2 rings (SSSR count). The molecular weight excluding hydrogens is 297 g/mol. The normalized spacial score (nSPS) is 10.9. The van der Waals surface area contributed by atoms with Crippen LogP contribution < -0.4 is 10.7 Å². The molecule has 3 nitrogen and oxygen atoms in total. The van der Waals surface area contributed by atoms with E-state index in [1.54, 1.807) is 18.3 Å². The Balaban J connectivity index is 1.86. The van der Waals surface area contributed by atoms with Crippen LogP contribution in [0.4, 0.5) is 10.1 Å². The minimum atomic E-state index is -0.271. The third kappa shape index (κ3) is 4.93. The molecule has 0 amide bonds. The topological polar surface area (TPSA) is 36.4 Å². The quantitative estimate of drug-likeness (QED) is 0.502. The molecule has 0 saturated carbocycles. The Morgan fingerprint density at radius 2 is 1.73 bits per heavy atom. The van der Waals surface area contributed by atoms with Crippen LogP contribution in [0.15, 0.2) is 53.6 Å². The second-order valence-electron chi connectivity index (χ2n) is 5.15. The number of hydrogen-bond acceptors (Lipinski definition) is 2. The van der Waals surface area contributed by atoms with Gasteiger partial charge in [0, 0.05) is 5.69 Å². The van der Waals surface area contributed by atoms with E-state index in [4.69, 9.17) is 12.2 Å². The summed E-state index contributed by atoms with van der Waals surface area (Å²) in [5.74, 6) is 0.228. The summed E-state index contributed by atoms with van der Waals surface area (Å²) in [6.07, 6.45) is 1.58. The van der Waals surface area contributed by atoms with Crippen molar-refractivity contribution in [3.05, 3.63) is 65.5 Å². The molecule has 22 heavy (non-hydrogen) atoms. The molecule has 2 aromatic rings. The van der Waals surface area contributed by atoms with Crippen LogP contribution >= 0.6 is 12.2 Å². The van der Waals surface area contributed by atoms with E-state index in [1.807, 2.05) is 12.1 Å². The summed E-state index contributed by atoms with van der Waals surface area (Å²) in [5.41, 5.74) is 5.70. The molecule has 0 unspecified atom stereocenters. The maximum absolute atomic E-state index is 12.8. The molecule has 0 aliphatic heterocycles. The highest BCUT2D eigenvalue weighted by molar-refractivity contribution is 7.80. The van der Waals surface area contributed by atoms with Gasteiger partial charge in [0.1, 0.15) is 5.82 Å². The number of anilines is 1. The van der Waals surface area contributed by atoms with Crippen molar-refractivity contribution in [2.45, 2.75) is 19.8 Å². The van der Waals surface area contributed by atoms with Gasteiger partial charge >= 0.3 is 0 Å². The Labute approximate surface area is 135 Å². The van der Waals surface area contributed by atoms with Gasteiger partial charge in [-0.2, -0.15) is 5.10 Å². The zero-order valence-corrected chi connectivity index (χ0v) is 13.3. The van der Waals surface area contributed by atoms with E-state index >= 15 is 0 Å². The molecule has 0 fully saturated rings. The summed E-state index contributed by atoms with van der Waals surface area (Å²) in [6.45, 7) is 4.30. The molecule has 0 aliphatic rings. The molecule has 0 heterocycles. The average molecular weight is 315 g/mol. The lowest BCUT2D eigenvalue weighted by Crippen LogP contribution is -2.23. The first-order chi connectivity index (χ1) is 10.5. The lowest BCUT2D eigenvalue weighted by atomic mass is 10.0. The van der Waals surface area contributed by atoms with Crippen LogP contribution in [0.1, 0.15) is 30.9 Å². The third-order valence-electron chi connectivity index (χ3n) is 3.08. The molecule has 0 bridgehead atoms. The van der Waals surface area contributed by atoms with Crippen LogP contribution in [0.5, 0.6) is 0 Å². The van der Waals surface area contributed by atoms with Crippen LogP contribution in [-0.2, 0) is 0 Å². The molecule has 5 heteroatoms. The lowest BCUT2D eigenvalue weighted by Gasteiger charge is -2.09. The van der Waals surface area contributed by atoms with Crippen molar-refractivity contribution in [3.8, 4) is 0 Å². The molecule has 0 atom stereocenters. The van der Waals surface area contributed by atoms with E-state index in [9.17, 15) is 4.39 Å². The monoisotopic (exact) mass is 315 g/mol. The number of rotatable bonds is 4. The Morgan fingerprint density at radius 1 is 1.09 bits per heavy atom. The number of nitrogens with zero attached hydrogens (tertiary/aromatic N) is 1. The van der Waals surface area contributed by atoms with E-state index < -0.39 is 0 Å². The summed E-state index contributed by atoms with van der Waals surface area (Å²) in [6, 6.07) is 14.1. The summed E-state index contributed by atoms with van der Waals surface area (Å²) < 4.78 is 12.8. The Hall–Kier alpha value is -2.27. The molecular formula is C17H18FN3S. The van der Waals surface area contributed by atoms with Crippen molar-refractivity contribution < 1.29 is 4.39 Å². The molecule has 0 spiro atoms. The SMILES string of the molecule is CC(C)c1ccc(NC(=S)N/N=C\c2ccc(F)cc2)cc1. The maximum Gasteiger partial charge on any atom is 0.191 e. The predicted octanol–water partition coefficient (Wildman–Crippen LogP) is 4.27. The molecule has 2 N–H and O–H groups in total. The molecule has 0 aliphatic carbocycles. The van der Waals surface area contributed by atoms with Gasteiger partial charge in [0.15, 0.2) is 5.11 Å². The summed E-state index contributed by atoms with van der Waals surface area (Å²) >= 11 is 5.16. The van der Waals surface area contributed by atoms with Crippen LogP contribution in [-0.4, -0.2) is 11.3 Å². The van der Waals surface area contributed by atoms with Crippen LogP contribution in [0.2, 0.25) is 0 Å². The van der Waals surface area contributed by atoms with Crippen molar-refractivity contribution in [1.29, 1.82) is 0 Å². The number of hydrogen-bond donors (Lipinski definition) is 2. The largest absolute Gasteiger partial charge is 0.331 e. The van der Waals surface area contributed by atoms with Gasteiger partial charge in [-0.25, -0.2) is 4.39 Å². The average Bonchev–Trinajstić information content (AvgIpc) is 2.50. The second kappa shape index (κ2) is 7.66. The maximum atomic E-state index is 12.8. The summed E-state index contributed by atoms with van der Waals surface area (Å²) in [4.78, 5) is 0. The fourth-order valence-corrected chi connectivity index (χ4v) is 2.00. The molecule has 2 aromatic carbocycles. The molecule has 0 aromatic heterocycles. The van der Waals surface area contributed by atoms with Crippen molar-refractivity contribution in [2.24, 2.45) is 5.10 Å². The third-order valence-corrected chi connectivity index (χ3v) is 3.28. The van der Waals surface area contributed by atoms with Gasteiger partial charge in [0.25, 0.3) is 0 Å². The summed E-state index contributed by atoms with van der Waals surface area (Å²) in [5, 5.41) is 7.46. The fraction of sp³-hybridized carbons (Fsp3) is 0.176. The Bertz CT molecular complexity index is 649. The van der Waals surface area contributed by atoms with Gasteiger partial charge in [-0.15, -0.1) is 0 Å². The standard InChI is InChI=1S/C17H18FN3S/c1-12(2)14-5-9-16(10-6-14)20-17(22)21-19-11-13-3-7-15(18)8-4-13/h3-12H,1-2H3,(H2,20,21,22)/b19-11-. The first-order valence-electron chi connectivity index (χ1n) is 7.00. The first kappa shape index (κ1) is 16.1. The lowest BCUT2D eigenvalue weighted by molar-refractivity contribution is 0.628. The van der Waals surface area contributed by atoms with E-state index in [1.165, 1.54) is 17.7 Å². The van der Waals surface area contributed by atoms with Crippen molar-refractivity contribution in [1.82, 2.24) is 5.43 Å². The van der Waals surface area contributed by atoms with Gasteiger partial charge in [0.2, 0.25) is 0 Å². The second-order valence-corrected chi connectivity index (χ2v) is 5.56. The number of hydrazone groups is 1. The van der Waals surface area contributed by atoms with Crippen LogP contribution in [0, 0.1) is 5.82 Å². The molecule has 114 valence electrons. The van der Waals surface area contributed by atoms with Crippen LogP contribution in [0.3, 0.4) is 0 Å². The Kier molecular flexibility index (Phi) is 5.61. The number of halogens is 1. The van der Waals surface area contributed by atoms with Gasteiger partial charge in [0.05, 0.1) is 6.21 Å². The predicted molar refractivity (Wildman–Crippen MR) is 93.9 cm³/mol. The van der Waals surface area contributed by atoms with E-state index in [0.29, 0.717) is 11.0 Å². The fourth-order valence-electron chi connectivity index (χ4n) is 1.82. The van der Waals surface area contributed by atoms with Crippen molar-refractivity contribution in [3.63, 3.8) is 0 Å². The van der Waals surface area contributed by atoms with Gasteiger partial charge in [-0.3, -0.25) is 5.43 Å². The highest BCUT2D eigenvalue weighted by Crippen LogP contribution is 2.16. The number of nitrogens with one attached hydrogen (secondary N) is 2. The number of benzene rings is 2.